The Balaban J connectivity index is 1.25. The first kappa shape index (κ1) is 17.4. The van der Waals surface area contributed by atoms with Crippen molar-refractivity contribution in [3.8, 4) is 0 Å². The van der Waals surface area contributed by atoms with E-state index in [-0.39, 0.29) is 5.91 Å². The van der Waals surface area contributed by atoms with Crippen LogP contribution < -0.4 is 5.32 Å². The van der Waals surface area contributed by atoms with Crippen LogP contribution in [0.4, 0.5) is 0 Å². The minimum atomic E-state index is 0.0907. The topological polar surface area (TPSA) is 32.3 Å². The van der Waals surface area contributed by atoms with Gasteiger partial charge >= 0.3 is 0 Å². The zero-order chi connectivity index (χ0) is 17.1. The van der Waals surface area contributed by atoms with Gasteiger partial charge < -0.3 is 10.2 Å². The zero-order valence-electron chi connectivity index (χ0n) is 14.6. The SMILES string of the molecule is O=C(NCC1CCN(C2CCSCC2)CC1)c1cc2ccccc2s1. The standard InChI is InChI=1S/C20H26N2OS2/c23-20(19-13-16-3-1-2-4-18(16)25-19)21-14-15-5-9-22(10-6-15)17-7-11-24-12-8-17/h1-4,13,15,17H,5-12,14H2,(H,21,23). The minimum absolute atomic E-state index is 0.0907. The van der Waals surface area contributed by atoms with Crippen LogP contribution in [-0.4, -0.2) is 48.0 Å². The Morgan fingerprint density at radius 1 is 1.12 bits per heavy atom. The summed E-state index contributed by atoms with van der Waals surface area (Å²) in [6, 6.07) is 11.0. The Morgan fingerprint density at radius 2 is 1.88 bits per heavy atom. The molecular formula is C20H26N2OS2. The van der Waals surface area contributed by atoms with Crippen LogP contribution in [0, 0.1) is 5.92 Å². The molecule has 3 nitrogen and oxygen atoms in total. The summed E-state index contributed by atoms with van der Waals surface area (Å²) >= 11 is 3.69. The van der Waals surface area contributed by atoms with E-state index in [1.165, 1.54) is 55.0 Å². The second kappa shape index (κ2) is 8.11. The number of nitrogens with one attached hydrogen (secondary N) is 1. The summed E-state index contributed by atoms with van der Waals surface area (Å²) in [6.45, 7) is 3.24. The van der Waals surface area contributed by atoms with Crippen LogP contribution in [0.25, 0.3) is 10.1 Å². The summed E-state index contributed by atoms with van der Waals surface area (Å²) in [5, 5.41) is 4.34. The third-order valence-corrected chi connectivity index (χ3v) is 7.72. The number of thioether (sulfide) groups is 1. The number of hydrogen-bond donors (Lipinski definition) is 1. The van der Waals surface area contributed by atoms with Crippen LogP contribution in [0.3, 0.4) is 0 Å². The molecule has 2 aliphatic rings. The van der Waals surface area contributed by atoms with Crippen molar-refractivity contribution in [2.75, 3.05) is 31.1 Å². The van der Waals surface area contributed by atoms with E-state index < -0.39 is 0 Å². The Kier molecular flexibility index (Phi) is 5.63. The van der Waals surface area contributed by atoms with Crippen molar-refractivity contribution in [2.24, 2.45) is 5.92 Å². The van der Waals surface area contributed by atoms with E-state index in [2.05, 4.69) is 34.1 Å². The summed E-state index contributed by atoms with van der Waals surface area (Å²) in [6.07, 6.45) is 5.16. The van der Waals surface area contributed by atoms with Gasteiger partial charge in [0.25, 0.3) is 5.91 Å². The molecule has 1 aromatic carbocycles. The first-order valence-corrected chi connectivity index (χ1v) is 11.4. The van der Waals surface area contributed by atoms with Crippen LogP contribution in [-0.2, 0) is 0 Å². The number of carbonyl (C=O) groups is 1. The molecule has 0 saturated carbocycles. The molecule has 0 spiro atoms. The Bertz CT molecular complexity index is 682. The van der Waals surface area contributed by atoms with Crippen molar-refractivity contribution in [1.29, 1.82) is 0 Å². The molecule has 1 amide bonds. The van der Waals surface area contributed by atoms with Crippen LogP contribution in [0.2, 0.25) is 0 Å². The van der Waals surface area contributed by atoms with Crippen molar-refractivity contribution in [2.45, 2.75) is 31.7 Å². The number of fused-ring (bicyclic) bond motifs is 1. The van der Waals surface area contributed by atoms with E-state index in [4.69, 9.17) is 0 Å². The van der Waals surface area contributed by atoms with Crippen molar-refractivity contribution in [3.63, 3.8) is 0 Å². The lowest BCUT2D eigenvalue weighted by Crippen LogP contribution is -2.44. The van der Waals surface area contributed by atoms with Gasteiger partial charge in [0, 0.05) is 17.3 Å². The maximum Gasteiger partial charge on any atom is 0.261 e. The van der Waals surface area contributed by atoms with Gasteiger partial charge in [0.15, 0.2) is 0 Å². The molecule has 5 heteroatoms. The number of likely N-dealkylation sites (tertiary alicyclic amines) is 1. The molecule has 134 valence electrons. The lowest BCUT2D eigenvalue weighted by atomic mass is 9.94. The predicted octanol–water partition coefficient (Wildman–Crippen LogP) is 4.24. The molecule has 25 heavy (non-hydrogen) atoms. The Hall–Kier alpha value is -1.04. The van der Waals surface area contributed by atoms with Crippen LogP contribution >= 0.6 is 23.1 Å². The van der Waals surface area contributed by atoms with Gasteiger partial charge in [-0.25, -0.2) is 0 Å². The second-order valence-corrected chi connectivity index (χ2v) is 9.49. The molecule has 0 atom stereocenters. The fraction of sp³-hybridized carbons (Fsp3) is 0.550. The predicted molar refractivity (Wildman–Crippen MR) is 109 cm³/mol. The molecule has 2 fully saturated rings. The Labute approximate surface area is 158 Å². The molecule has 2 saturated heterocycles. The van der Waals surface area contributed by atoms with Gasteiger partial charge in [0.1, 0.15) is 0 Å². The third kappa shape index (κ3) is 4.21. The first-order chi connectivity index (χ1) is 12.3. The number of thiophene rings is 1. The quantitative estimate of drug-likeness (QED) is 0.869. The van der Waals surface area contributed by atoms with Gasteiger partial charge in [0.05, 0.1) is 4.88 Å². The smallest absolute Gasteiger partial charge is 0.261 e. The highest BCUT2D eigenvalue weighted by Gasteiger charge is 2.26. The maximum absolute atomic E-state index is 12.5. The van der Waals surface area contributed by atoms with Gasteiger partial charge in [-0.2, -0.15) is 11.8 Å². The number of benzene rings is 1. The van der Waals surface area contributed by atoms with E-state index in [1.807, 2.05) is 18.2 Å². The summed E-state index contributed by atoms with van der Waals surface area (Å²) in [4.78, 5) is 16.0. The monoisotopic (exact) mass is 374 g/mol. The first-order valence-electron chi connectivity index (χ1n) is 9.38. The molecule has 0 aliphatic carbocycles. The molecule has 3 heterocycles. The van der Waals surface area contributed by atoms with E-state index in [0.717, 1.165) is 22.8 Å². The summed E-state index contributed by atoms with van der Waals surface area (Å²) in [5.74, 6) is 3.38. The van der Waals surface area contributed by atoms with Crippen LogP contribution in [0.5, 0.6) is 0 Å². The van der Waals surface area contributed by atoms with Crippen LogP contribution in [0.1, 0.15) is 35.4 Å². The maximum atomic E-state index is 12.5. The molecule has 2 aliphatic heterocycles. The largest absolute Gasteiger partial charge is 0.351 e. The summed E-state index contributed by atoms with van der Waals surface area (Å²) in [5.41, 5.74) is 0. The molecular weight excluding hydrogens is 348 g/mol. The fourth-order valence-corrected chi connectivity index (χ4v) is 6.05. The minimum Gasteiger partial charge on any atom is -0.351 e. The number of piperidine rings is 1. The molecule has 1 N–H and O–H groups in total. The lowest BCUT2D eigenvalue weighted by Gasteiger charge is -2.39. The molecule has 0 unspecified atom stereocenters. The second-order valence-electron chi connectivity index (χ2n) is 7.18. The van der Waals surface area contributed by atoms with Gasteiger partial charge in [-0.15, -0.1) is 11.3 Å². The molecule has 1 aromatic heterocycles. The van der Waals surface area contributed by atoms with Crippen LogP contribution in [0.15, 0.2) is 30.3 Å². The Morgan fingerprint density at radius 3 is 2.64 bits per heavy atom. The highest BCUT2D eigenvalue weighted by atomic mass is 32.2. The van der Waals surface area contributed by atoms with Crippen molar-refractivity contribution in [1.82, 2.24) is 10.2 Å². The van der Waals surface area contributed by atoms with E-state index in [9.17, 15) is 4.79 Å². The summed E-state index contributed by atoms with van der Waals surface area (Å²) < 4.78 is 1.19. The highest BCUT2D eigenvalue weighted by Crippen LogP contribution is 2.27. The van der Waals surface area contributed by atoms with Crippen molar-refractivity contribution < 1.29 is 4.79 Å². The van der Waals surface area contributed by atoms with Gasteiger partial charge in [0.2, 0.25) is 0 Å². The average molecular weight is 375 g/mol. The molecule has 4 rings (SSSR count). The fourth-order valence-electron chi connectivity index (χ4n) is 3.99. The normalized spacial score (nSPS) is 20.8. The molecule has 2 aromatic rings. The van der Waals surface area contributed by atoms with Gasteiger partial charge in [-0.1, -0.05) is 18.2 Å². The molecule has 0 radical (unpaired) electrons. The van der Waals surface area contributed by atoms with E-state index in [0.29, 0.717) is 5.92 Å². The summed E-state index contributed by atoms with van der Waals surface area (Å²) in [7, 11) is 0. The van der Waals surface area contributed by atoms with Crippen molar-refractivity contribution >= 4 is 39.1 Å². The van der Waals surface area contributed by atoms with Gasteiger partial charge in [-0.3, -0.25) is 4.79 Å². The highest BCUT2D eigenvalue weighted by molar-refractivity contribution is 7.99. The molecule has 0 bridgehead atoms. The number of hydrogen-bond acceptors (Lipinski definition) is 4. The number of nitrogens with zero attached hydrogens (tertiary/aromatic N) is 1. The third-order valence-electron chi connectivity index (χ3n) is 5.56. The van der Waals surface area contributed by atoms with Gasteiger partial charge in [-0.05, 0) is 73.7 Å². The number of rotatable bonds is 4. The van der Waals surface area contributed by atoms with E-state index in [1.54, 1.807) is 11.3 Å². The van der Waals surface area contributed by atoms with E-state index >= 15 is 0 Å². The number of amides is 1. The number of carbonyl (C=O) groups excluding carboxylic acids is 1. The van der Waals surface area contributed by atoms with Crippen molar-refractivity contribution in [3.05, 3.63) is 35.2 Å². The average Bonchev–Trinajstić information content (AvgIpc) is 3.11. The lowest BCUT2D eigenvalue weighted by molar-refractivity contribution is 0.0924. The zero-order valence-corrected chi connectivity index (χ0v) is 16.2.